The maximum atomic E-state index is 12.8. The fourth-order valence-electron chi connectivity index (χ4n) is 3.17. The lowest BCUT2D eigenvalue weighted by molar-refractivity contribution is 0.0629. The molecule has 1 aliphatic rings. The number of piperidine rings is 1. The lowest BCUT2D eigenvalue weighted by Crippen LogP contribution is -2.42. The fourth-order valence-corrected chi connectivity index (χ4v) is 4.51. The van der Waals surface area contributed by atoms with Crippen LogP contribution in [0.1, 0.15) is 47.9 Å². The summed E-state index contributed by atoms with van der Waals surface area (Å²) in [7, 11) is 0. The molecule has 0 N–H and O–H groups in total. The standard InChI is InChI=1S/C20H23ClN2OS/c1-14-7-5-10-17(21)19(14)25-13-16-9-6-11-18(22-16)20(24)23-12-4-3-8-15(23)2/h5-7,9-11,15H,3-4,8,12-13H2,1-2H3. The van der Waals surface area contributed by atoms with Crippen LogP contribution in [-0.2, 0) is 5.75 Å². The van der Waals surface area contributed by atoms with Crippen molar-refractivity contribution in [3.05, 3.63) is 58.4 Å². The van der Waals surface area contributed by atoms with Crippen LogP contribution in [0.3, 0.4) is 0 Å². The Morgan fingerprint density at radius 3 is 2.84 bits per heavy atom. The monoisotopic (exact) mass is 374 g/mol. The molecule has 0 aliphatic carbocycles. The quantitative estimate of drug-likeness (QED) is 0.676. The number of aryl methyl sites for hydroxylation is 1. The Morgan fingerprint density at radius 2 is 2.08 bits per heavy atom. The van der Waals surface area contributed by atoms with E-state index in [4.69, 9.17) is 11.6 Å². The molecule has 3 nitrogen and oxygen atoms in total. The fraction of sp³-hybridized carbons (Fsp3) is 0.400. The molecule has 0 bridgehead atoms. The third-order valence-corrected chi connectivity index (χ3v) is 6.32. The summed E-state index contributed by atoms with van der Waals surface area (Å²) in [6.07, 6.45) is 3.36. The third-order valence-electron chi connectivity index (χ3n) is 4.62. The minimum absolute atomic E-state index is 0.0491. The highest BCUT2D eigenvalue weighted by molar-refractivity contribution is 7.98. The Morgan fingerprint density at radius 1 is 1.28 bits per heavy atom. The molecule has 1 atom stereocenters. The first-order valence-electron chi connectivity index (χ1n) is 8.71. The average Bonchev–Trinajstić information content (AvgIpc) is 2.61. The molecule has 1 aromatic heterocycles. The molecule has 1 amide bonds. The molecule has 0 spiro atoms. The highest BCUT2D eigenvalue weighted by Gasteiger charge is 2.25. The van der Waals surface area contributed by atoms with E-state index in [1.54, 1.807) is 11.8 Å². The van der Waals surface area contributed by atoms with E-state index in [1.807, 2.05) is 35.2 Å². The minimum Gasteiger partial charge on any atom is -0.335 e. The topological polar surface area (TPSA) is 33.2 Å². The van der Waals surface area contributed by atoms with Crippen molar-refractivity contribution in [2.75, 3.05) is 6.54 Å². The van der Waals surface area contributed by atoms with Crippen LogP contribution >= 0.6 is 23.4 Å². The van der Waals surface area contributed by atoms with Crippen LogP contribution in [0.2, 0.25) is 5.02 Å². The molecule has 25 heavy (non-hydrogen) atoms. The number of amides is 1. The van der Waals surface area contributed by atoms with Crippen molar-refractivity contribution >= 4 is 29.3 Å². The van der Waals surface area contributed by atoms with Crippen LogP contribution in [-0.4, -0.2) is 28.4 Å². The molecule has 1 saturated heterocycles. The molecule has 1 aliphatic heterocycles. The maximum Gasteiger partial charge on any atom is 0.272 e. The van der Waals surface area contributed by atoms with Crippen molar-refractivity contribution in [3.8, 4) is 0 Å². The van der Waals surface area contributed by atoms with E-state index < -0.39 is 0 Å². The lowest BCUT2D eigenvalue weighted by Gasteiger charge is -2.33. The van der Waals surface area contributed by atoms with E-state index in [-0.39, 0.29) is 5.91 Å². The number of pyridine rings is 1. The summed E-state index contributed by atoms with van der Waals surface area (Å²) in [5, 5.41) is 0.763. The second-order valence-corrected chi connectivity index (χ2v) is 7.92. The largest absolute Gasteiger partial charge is 0.335 e. The van der Waals surface area contributed by atoms with Crippen molar-refractivity contribution in [1.29, 1.82) is 0 Å². The molecule has 2 aromatic rings. The van der Waals surface area contributed by atoms with E-state index in [0.29, 0.717) is 17.5 Å². The second-order valence-electron chi connectivity index (χ2n) is 6.53. The number of rotatable bonds is 4. The first kappa shape index (κ1) is 18.3. The molecule has 2 heterocycles. The van der Waals surface area contributed by atoms with E-state index in [1.165, 1.54) is 6.42 Å². The van der Waals surface area contributed by atoms with Gasteiger partial charge in [-0.3, -0.25) is 4.79 Å². The Hall–Kier alpha value is -1.52. The SMILES string of the molecule is Cc1cccc(Cl)c1SCc1cccc(C(=O)N2CCCCC2C)n1. The van der Waals surface area contributed by atoms with Gasteiger partial charge in [-0.1, -0.05) is 29.8 Å². The van der Waals surface area contributed by atoms with E-state index >= 15 is 0 Å². The number of carbonyl (C=O) groups is 1. The number of halogens is 1. The van der Waals surface area contributed by atoms with Gasteiger partial charge in [0, 0.05) is 23.2 Å². The number of likely N-dealkylation sites (tertiary alicyclic amines) is 1. The number of hydrogen-bond acceptors (Lipinski definition) is 3. The molecule has 0 saturated carbocycles. The molecular weight excluding hydrogens is 352 g/mol. The van der Waals surface area contributed by atoms with Gasteiger partial charge in [0.2, 0.25) is 0 Å². The highest BCUT2D eigenvalue weighted by atomic mass is 35.5. The van der Waals surface area contributed by atoms with Gasteiger partial charge < -0.3 is 4.90 Å². The summed E-state index contributed by atoms with van der Waals surface area (Å²) < 4.78 is 0. The first-order valence-corrected chi connectivity index (χ1v) is 10.1. The Bertz CT molecular complexity index is 745. The van der Waals surface area contributed by atoms with Crippen LogP contribution in [0, 0.1) is 6.92 Å². The van der Waals surface area contributed by atoms with Crippen LogP contribution < -0.4 is 0 Å². The molecule has 5 heteroatoms. The summed E-state index contributed by atoms with van der Waals surface area (Å²) in [5.41, 5.74) is 2.61. The Balaban J connectivity index is 1.72. The summed E-state index contributed by atoms with van der Waals surface area (Å²) in [5.74, 6) is 0.745. The molecule has 3 rings (SSSR count). The molecule has 1 unspecified atom stereocenters. The molecule has 0 radical (unpaired) electrons. The van der Waals surface area contributed by atoms with Gasteiger partial charge >= 0.3 is 0 Å². The van der Waals surface area contributed by atoms with E-state index in [9.17, 15) is 4.79 Å². The van der Waals surface area contributed by atoms with Crippen molar-refractivity contribution < 1.29 is 4.79 Å². The average molecular weight is 375 g/mol. The van der Waals surface area contributed by atoms with Crippen molar-refractivity contribution in [2.45, 2.75) is 49.8 Å². The molecule has 1 fully saturated rings. The van der Waals surface area contributed by atoms with Crippen LogP contribution in [0.25, 0.3) is 0 Å². The van der Waals surface area contributed by atoms with Crippen molar-refractivity contribution in [2.24, 2.45) is 0 Å². The maximum absolute atomic E-state index is 12.8. The van der Waals surface area contributed by atoms with Crippen molar-refractivity contribution in [3.63, 3.8) is 0 Å². The Kier molecular flexibility index (Phi) is 6.02. The van der Waals surface area contributed by atoms with Gasteiger partial charge in [0.05, 0.1) is 10.7 Å². The van der Waals surface area contributed by atoms with Gasteiger partial charge in [0.25, 0.3) is 5.91 Å². The first-order chi connectivity index (χ1) is 12.1. The van der Waals surface area contributed by atoms with E-state index in [0.717, 1.165) is 40.6 Å². The third kappa shape index (κ3) is 4.36. The normalized spacial score (nSPS) is 17.6. The van der Waals surface area contributed by atoms with Crippen LogP contribution in [0.15, 0.2) is 41.3 Å². The number of carbonyl (C=O) groups excluding carboxylic acids is 1. The number of thioether (sulfide) groups is 1. The minimum atomic E-state index is 0.0491. The van der Waals surface area contributed by atoms with Crippen LogP contribution in [0.5, 0.6) is 0 Å². The van der Waals surface area contributed by atoms with Gasteiger partial charge in [-0.15, -0.1) is 11.8 Å². The predicted octanol–water partition coefficient (Wildman–Crippen LogP) is 5.35. The zero-order valence-corrected chi connectivity index (χ0v) is 16.2. The summed E-state index contributed by atoms with van der Waals surface area (Å²) in [6, 6.07) is 11.9. The van der Waals surface area contributed by atoms with Gasteiger partial charge in [-0.25, -0.2) is 4.98 Å². The zero-order chi connectivity index (χ0) is 17.8. The van der Waals surface area contributed by atoms with Crippen molar-refractivity contribution in [1.82, 2.24) is 9.88 Å². The summed E-state index contributed by atoms with van der Waals surface area (Å²) >= 11 is 7.96. The number of hydrogen-bond donors (Lipinski definition) is 0. The lowest BCUT2D eigenvalue weighted by atomic mass is 10.0. The molecule has 132 valence electrons. The molecule has 1 aromatic carbocycles. The van der Waals surface area contributed by atoms with Gasteiger partial charge in [-0.05, 0) is 56.9 Å². The van der Waals surface area contributed by atoms with Gasteiger partial charge in [0.1, 0.15) is 5.69 Å². The summed E-state index contributed by atoms with van der Waals surface area (Å²) in [6.45, 7) is 5.01. The number of benzene rings is 1. The predicted molar refractivity (Wildman–Crippen MR) is 104 cm³/mol. The smallest absolute Gasteiger partial charge is 0.272 e. The Labute approximate surface area is 158 Å². The summed E-state index contributed by atoms with van der Waals surface area (Å²) in [4.78, 5) is 20.4. The zero-order valence-electron chi connectivity index (χ0n) is 14.7. The molecular formula is C20H23ClN2OS. The van der Waals surface area contributed by atoms with Crippen LogP contribution in [0.4, 0.5) is 0 Å². The second kappa shape index (κ2) is 8.24. The highest BCUT2D eigenvalue weighted by Crippen LogP contribution is 2.32. The van der Waals surface area contributed by atoms with E-state index in [2.05, 4.69) is 24.9 Å². The van der Waals surface area contributed by atoms with Gasteiger partial charge in [0.15, 0.2) is 0 Å². The number of aromatic nitrogens is 1. The number of nitrogens with zero attached hydrogens (tertiary/aromatic N) is 2. The van der Waals surface area contributed by atoms with Gasteiger partial charge in [-0.2, -0.15) is 0 Å².